The summed E-state index contributed by atoms with van der Waals surface area (Å²) in [6, 6.07) is 3.92. The van der Waals surface area contributed by atoms with Crippen molar-refractivity contribution in [3.05, 3.63) is 23.7 Å². The normalized spacial score (nSPS) is 12.9. The van der Waals surface area contributed by atoms with Crippen LogP contribution >= 0.6 is 23.1 Å². The Hall–Kier alpha value is -1.07. The smallest absolute Gasteiger partial charge is 0.316 e. The van der Waals surface area contributed by atoms with Crippen LogP contribution in [0.4, 0.5) is 0 Å². The Kier molecular flexibility index (Phi) is 2.93. The monoisotopic (exact) mass is 239 g/mol. The lowest BCUT2D eigenvalue weighted by Crippen LogP contribution is -2.11. The number of pyridine rings is 1. The van der Waals surface area contributed by atoms with E-state index < -0.39 is 11.2 Å². The van der Waals surface area contributed by atoms with Crippen molar-refractivity contribution in [1.29, 1.82) is 0 Å². The fraction of sp³-hybridized carbons (Fsp3) is 0.200. The summed E-state index contributed by atoms with van der Waals surface area (Å²) >= 11 is 2.92. The molecule has 0 aliphatic heterocycles. The van der Waals surface area contributed by atoms with Crippen LogP contribution in [0.1, 0.15) is 6.92 Å². The Morgan fingerprint density at radius 3 is 3.13 bits per heavy atom. The van der Waals surface area contributed by atoms with Gasteiger partial charge in [-0.15, -0.1) is 11.3 Å². The third-order valence-electron chi connectivity index (χ3n) is 1.98. The molecule has 2 aromatic heterocycles. The van der Waals surface area contributed by atoms with Crippen LogP contribution in [-0.2, 0) is 4.79 Å². The summed E-state index contributed by atoms with van der Waals surface area (Å²) in [6.45, 7) is 1.67. The third-order valence-corrected chi connectivity index (χ3v) is 3.97. The number of thiophene rings is 1. The molecule has 0 bridgehead atoms. The summed E-state index contributed by atoms with van der Waals surface area (Å²) in [7, 11) is 0. The van der Waals surface area contributed by atoms with E-state index in [-0.39, 0.29) is 0 Å². The molecule has 0 spiro atoms. The number of thioether (sulfide) groups is 1. The standard InChI is InChI=1S/C10H9NO2S2/c1-6(10(12)13)15-9-7-3-5-14-8(7)2-4-11-9/h2-6H,1H3,(H,12,13). The van der Waals surface area contributed by atoms with E-state index in [1.165, 1.54) is 11.8 Å². The predicted molar refractivity (Wildman–Crippen MR) is 62.6 cm³/mol. The van der Waals surface area contributed by atoms with E-state index in [2.05, 4.69) is 4.98 Å². The summed E-state index contributed by atoms with van der Waals surface area (Å²) in [5.74, 6) is -0.811. The van der Waals surface area contributed by atoms with Gasteiger partial charge in [-0.2, -0.15) is 0 Å². The molecule has 15 heavy (non-hydrogen) atoms. The first-order chi connectivity index (χ1) is 7.18. The van der Waals surface area contributed by atoms with Gasteiger partial charge in [-0.05, 0) is 24.4 Å². The van der Waals surface area contributed by atoms with Gasteiger partial charge in [0.2, 0.25) is 0 Å². The summed E-state index contributed by atoms with van der Waals surface area (Å²) in [5, 5.41) is 12.2. The van der Waals surface area contributed by atoms with Gasteiger partial charge in [-0.3, -0.25) is 4.79 Å². The molecule has 78 valence electrons. The van der Waals surface area contributed by atoms with Gasteiger partial charge in [0, 0.05) is 16.3 Å². The number of fused-ring (bicyclic) bond motifs is 1. The quantitative estimate of drug-likeness (QED) is 0.837. The molecule has 1 N–H and O–H groups in total. The lowest BCUT2D eigenvalue weighted by atomic mass is 10.3. The van der Waals surface area contributed by atoms with E-state index in [9.17, 15) is 4.79 Å². The SMILES string of the molecule is CC(Sc1nccc2sccc12)C(=O)O. The molecule has 2 heterocycles. The van der Waals surface area contributed by atoms with Gasteiger partial charge in [0.15, 0.2) is 0 Å². The number of carboxylic acid groups (broad SMARTS) is 1. The van der Waals surface area contributed by atoms with Gasteiger partial charge >= 0.3 is 5.97 Å². The van der Waals surface area contributed by atoms with Crippen molar-refractivity contribution in [3.63, 3.8) is 0 Å². The number of carboxylic acids is 1. The molecule has 0 aliphatic rings. The van der Waals surface area contributed by atoms with E-state index in [4.69, 9.17) is 5.11 Å². The van der Waals surface area contributed by atoms with Crippen molar-refractivity contribution in [2.24, 2.45) is 0 Å². The molecule has 1 unspecified atom stereocenters. The summed E-state index contributed by atoms with van der Waals surface area (Å²) in [4.78, 5) is 14.9. The van der Waals surface area contributed by atoms with Crippen LogP contribution in [0.25, 0.3) is 10.1 Å². The lowest BCUT2D eigenvalue weighted by Gasteiger charge is -2.05. The minimum atomic E-state index is -0.811. The van der Waals surface area contributed by atoms with Crippen molar-refractivity contribution in [2.75, 3.05) is 0 Å². The van der Waals surface area contributed by atoms with Crippen LogP contribution in [0.2, 0.25) is 0 Å². The average molecular weight is 239 g/mol. The van der Waals surface area contributed by atoms with Gasteiger partial charge in [0.05, 0.1) is 0 Å². The van der Waals surface area contributed by atoms with Gasteiger partial charge in [-0.25, -0.2) is 4.98 Å². The molecule has 1 atom stereocenters. The Balaban J connectivity index is 2.35. The molecule has 0 aliphatic carbocycles. The number of rotatable bonds is 3. The molecular formula is C10H9NO2S2. The Labute approximate surface area is 95.1 Å². The van der Waals surface area contributed by atoms with E-state index in [1.807, 2.05) is 17.5 Å². The predicted octanol–water partition coefficient (Wildman–Crippen LogP) is 2.86. The fourth-order valence-electron chi connectivity index (χ4n) is 1.18. The molecule has 2 rings (SSSR count). The fourth-order valence-corrected chi connectivity index (χ4v) is 2.89. The highest BCUT2D eigenvalue weighted by atomic mass is 32.2. The molecule has 0 saturated heterocycles. The molecule has 5 heteroatoms. The van der Waals surface area contributed by atoms with Crippen LogP contribution in [0.15, 0.2) is 28.7 Å². The summed E-state index contributed by atoms with van der Waals surface area (Å²) < 4.78 is 1.14. The van der Waals surface area contributed by atoms with Gasteiger partial charge in [0.25, 0.3) is 0 Å². The van der Waals surface area contributed by atoms with Crippen LogP contribution < -0.4 is 0 Å². The molecule has 0 fully saturated rings. The Morgan fingerprint density at radius 2 is 2.40 bits per heavy atom. The number of hydrogen-bond donors (Lipinski definition) is 1. The number of aliphatic carboxylic acids is 1. The molecule has 0 saturated carbocycles. The van der Waals surface area contributed by atoms with Crippen molar-refractivity contribution in [2.45, 2.75) is 17.2 Å². The Morgan fingerprint density at radius 1 is 1.60 bits per heavy atom. The minimum absolute atomic E-state index is 0.469. The van der Waals surface area contributed by atoms with Crippen molar-refractivity contribution in [3.8, 4) is 0 Å². The van der Waals surface area contributed by atoms with Crippen LogP contribution in [-0.4, -0.2) is 21.3 Å². The zero-order chi connectivity index (χ0) is 10.8. The molecule has 3 nitrogen and oxygen atoms in total. The Bertz CT molecular complexity index is 495. The highest BCUT2D eigenvalue weighted by molar-refractivity contribution is 8.00. The first kappa shape index (κ1) is 10.4. The van der Waals surface area contributed by atoms with Gasteiger partial charge in [-0.1, -0.05) is 11.8 Å². The lowest BCUT2D eigenvalue weighted by molar-refractivity contribution is -0.136. The molecule has 0 radical (unpaired) electrons. The average Bonchev–Trinajstić information content (AvgIpc) is 2.66. The summed E-state index contributed by atoms with van der Waals surface area (Å²) in [6.07, 6.45) is 1.72. The molecular weight excluding hydrogens is 230 g/mol. The van der Waals surface area contributed by atoms with Crippen LogP contribution in [0.5, 0.6) is 0 Å². The molecule has 0 amide bonds. The minimum Gasteiger partial charge on any atom is -0.480 e. The number of carbonyl (C=O) groups is 1. The number of hydrogen-bond acceptors (Lipinski definition) is 4. The van der Waals surface area contributed by atoms with Gasteiger partial charge in [0.1, 0.15) is 10.3 Å². The van der Waals surface area contributed by atoms with E-state index in [0.717, 1.165) is 15.1 Å². The van der Waals surface area contributed by atoms with E-state index in [1.54, 1.807) is 24.5 Å². The number of nitrogens with zero attached hydrogens (tertiary/aromatic N) is 1. The highest BCUT2D eigenvalue weighted by Gasteiger charge is 2.15. The first-order valence-electron chi connectivity index (χ1n) is 4.40. The molecule has 0 aromatic carbocycles. The second-order valence-corrected chi connectivity index (χ2v) is 5.32. The third kappa shape index (κ3) is 2.13. The van der Waals surface area contributed by atoms with Crippen LogP contribution in [0, 0.1) is 0 Å². The maximum Gasteiger partial charge on any atom is 0.316 e. The zero-order valence-electron chi connectivity index (χ0n) is 8.01. The highest BCUT2D eigenvalue weighted by Crippen LogP contribution is 2.31. The maximum absolute atomic E-state index is 10.7. The van der Waals surface area contributed by atoms with E-state index in [0.29, 0.717) is 0 Å². The van der Waals surface area contributed by atoms with Crippen molar-refractivity contribution < 1.29 is 9.90 Å². The molecule has 2 aromatic rings. The largest absolute Gasteiger partial charge is 0.480 e. The second kappa shape index (κ2) is 4.20. The van der Waals surface area contributed by atoms with Gasteiger partial charge < -0.3 is 5.11 Å². The first-order valence-corrected chi connectivity index (χ1v) is 6.16. The van der Waals surface area contributed by atoms with E-state index >= 15 is 0 Å². The summed E-state index contributed by atoms with van der Waals surface area (Å²) in [5.41, 5.74) is 0. The van der Waals surface area contributed by atoms with Crippen molar-refractivity contribution >= 4 is 39.2 Å². The number of aromatic nitrogens is 1. The maximum atomic E-state index is 10.7. The van der Waals surface area contributed by atoms with Crippen molar-refractivity contribution in [1.82, 2.24) is 4.98 Å². The van der Waals surface area contributed by atoms with Crippen LogP contribution in [0.3, 0.4) is 0 Å². The zero-order valence-corrected chi connectivity index (χ0v) is 9.64. The topological polar surface area (TPSA) is 50.2 Å². The second-order valence-electron chi connectivity index (χ2n) is 3.05.